The van der Waals surface area contributed by atoms with Gasteiger partial charge in [-0.3, -0.25) is 4.90 Å². The van der Waals surface area contributed by atoms with E-state index in [0.717, 1.165) is 32.4 Å². The number of methoxy groups -OCH3 is 1. The average molecular weight is 251 g/mol. The molecule has 0 aromatic heterocycles. The summed E-state index contributed by atoms with van der Waals surface area (Å²) < 4.78 is 5.49. The van der Waals surface area contributed by atoms with Crippen molar-refractivity contribution in [2.75, 3.05) is 27.2 Å². The molecule has 0 amide bonds. The van der Waals surface area contributed by atoms with Gasteiger partial charge in [-0.25, -0.2) is 0 Å². The molecule has 1 aliphatic carbocycles. The molecule has 0 spiro atoms. The molecule has 1 N–H and O–H groups in total. The van der Waals surface area contributed by atoms with E-state index in [0.29, 0.717) is 12.1 Å². The van der Waals surface area contributed by atoms with E-state index in [9.17, 15) is 5.26 Å². The Hall–Kier alpha value is -0.630. The molecule has 2 fully saturated rings. The molecule has 0 bridgehead atoms. The first kappa shape index (κ1) is 13.8. The molecular weight excluding hydrogens is 226 g/mol. The number of likely N-dealkylation sites (tertiary alicyclic amines) is 1. The Balaban J connectivity index is 1.98. The first-order valence-electron chi connectivity index (χ1n) is 7.10. The van der Waals surface area contributed by atoms with Gasteiger partial charge < -0.3 is 10.1 Å². The smallest absolute Gasteiger partial charge is 0.108 e. The van der Waals surface area contributed by atoms with Crippen molar-refractivity contribution in [3.05, 3.63) is 0 Å². The van der Waals surface area contributed by atoms with Gasteiger partial charge in [-0.2, -0.15) is 5.26 Å². The van der Waals surface area contributed by atoms with Crippen molar-refractivity contribution < 1.29 is 4.74 Å². The predicted molar refractivity (Wildman–Crippen MR) is 71.3 cm³/mol. The second-order valence-electron chi connectivity index (χ2n) is 5.69. The maximum Gasteiger partial charge on any atom is 0.108 e. The quantitative estimate of drug-likeness (QED) is 0.826. The molecule has 3 atom stereocenters. The van der Waals surface area contributed by atoms with Crippen LogP contribution in [0.5, 0.6) is 0 Å². The van der Waals surface area contributed by atoms with E-state index < -0.39 is 0 Å². The van der Waals surface area contributed by atoms with Crippen LogP contribution in [-0.4, -0.2) is 49.8 Å². The van der Waals surface area contributed by atoms with Crippen molar-refractivity contribution in [1.82, 2.24) is 10.2 Å². The molecule has 2 aliphatic rings. The standard InChI is InChI=1S/C14H25N3O/c1-16-14(11-15)7-3-5-12(9-14)17-8-4-6-13(10-17)18-2/h12-13,16H,3-10H2,1-2H3. The van der Waals surface area contributed by atoms with Crippen LogP contribution < -0.4 is 5.32 Å². The number of nitrogens with one attached hydrogen (secondary N) is 1. The first-order valence-corrected chi connectivity index (χ1v) is 7.10. The van der Waals surface area contributed by atoms with Gasteiger partial charge in [-0.1, -0.05) is 0 Å². The summed E-state index contributed by atoms with van der Waals surface area (Å²) in [4.78, 5) is 2.54. The van der Waals surface area contributed by atoms with E-state index in [-0.39, 0.29) is 5.54 Å². The van der Waals surface area contributed by atoms with Crippen molar-refractivity contribution in [3.63, 3.8) is 0 Å². The summed E-state index contributed by atoms with van der Waals surface area (Å²) in [6, 6.07) is 3.04. The summed E-state index contributed by atoms with van der Waals surface area (Å²) in [7, 11) is 3.72. The van der Waals surface area contributed by atoms with Crippen LogP contribution in [0.15, 0.2) is 0 Å². The van der Waals surface area contributed by atoms with Crippen LogP contribution in [0.4, 0.5) is 0 Å². The Morgan fingerprint density at radius 2 is 2.22 bits per heavy atom. The zero-order valence-electron chi connectivity index (χ0n) is 11.6. The minimum atomic E-state index is -0.303. The number of hydrogen-bond donors (Lipinski definition) is 1. The molecular formula is C14H25N3O. The fraction of sp³-hybridized carbons (Fsp3) is 0.929. The van der Waals surface area contributed by atoms with E-state index in [4.69, 9.17) is 4.74 Å². The van der Waals surface area contributed by atoms with E-state index in [1.165, 1.54) is 19.3 Å². The number of nitrogens with zero attached hydrogens (tertiary/aromatic N) is 2. The lowest BCUT2D eigenvalue weighted by Gasteiger charge is -2.44. The molecule has 102 valence electrons. The molecule has 1 saturated heterocycles. The maximum atomic E-state index is 9.40. The number of nitriles is 1. The largest absolute Gasteiger partial charge is 0.380 e. The van der Waals surface area contributed by atoms with Gasteiger partial charge in [0.25, 0.3) is 0 Å². The van der Waals surface area contributed by atoms with Crippen LogP contribution in [0.3, 0.4) is 0 Å². The normalized spacial score (nSPS) is 38.3. The molecule has 0 aromatic carbocycles. The summed E-state index contributed by atoms with van der Waals surface area (Å²) in [5.41, 5.74) is -0.303. The number of rotatable bonds is 3. The van der Waals surface area contributed by atoms with Crippen LogP contribution in [0.25, 0.3) is 0 Å². The lowest BCUT2D eigenvalue weighted by Crippen LogP contribution is -2.54. The monoisotopic (exact) mass is 251 g/mol. The lowest BCUT2D eigenvalue weighted by molar-refractivity contribution is 0.00196. The second-order valence-corrected chi connectivity index (χ2v) is 5.69. The topological polar surface area (TPSA) is 48.3 Å². The number of hydrogen-bond acceptors (Lipinski definition) is 4. The summed E-state index contributed by atoms with van der Waals surface area (Å²) in [6.45, 7) is 2.20. The van der Waals surface area contributed by atoms with Gasteiger partial charge in [0.15, 0.2) is 0 Å². The van der Waals surface area contributed by atoms with E-state index in [1.807, 2.05) is 14.2 Å². The fourth-order valence-corrected chi connectivity index (χ4v) is 3.43. The van der Waals surface area contributed by atoms with Gasteiger partial charge in [0.2, 0.25) is 0 Å². The molecule has 3 unspecified atom stereocenters. The highest BCUT2D eigenvalue weighted by molar-refractivity contribution is 5.10. The van der Waals surface area contributed by atoms with Crippen LogP contribution in [-0.2, 0) is 4.74 Å². The highest BCUT2D eigenvalue weighted by Crippen LogP contribution is 2.32. The predicted octanol–water partition coefficient (Wildman–Crippen LogP) is 1.52. The summed E-state index contributed by atoms with van der Waals surface area (Å²) in [5.74, 6) is 0. The zero-order chi connectivity index (χ0) is 13.0. The first-order chi connectivity index (χ1) is 8.73. The van der Waals surface area contributed by atoms with Crippen molar-refractivity contribution in [2.24, 2.45) is 0 Å². The Morgan fingerprint density at radius 1 is 1.39 bits per heavy atom. The Labute approximate surface area is 110 Å². The van der Waals surface area contributed by atoms with Crippen LogP contribution in [0.2, 0.25) is 0 Å². The van der Waals surface area contributed by atoms with Gasteiger partial charge in [-0.05, 0) is 52.1 Å². The van der Waals surface area contributed by atoms with Gasteiger partial charge >= 0.3 is 0 Å². The second kappa shape index (κ2) is 6.01. The van der Waals surface area contributed by atoms with Gasteiger partial charge in [0.05, 0.1) is 12.2 Å². The Bertz CT molecular complexity index is 315. The van der Waals surface area contributed by atoms with E-state index >= 15 is 0 Å². The van der Waals surface area contributed by atoms with Gasteiger partial charge in [0, 0.05) is 19.7 Å². The molecule has 0 aromatic rings. The summed E-state index contributed by atoms with van der Waals surface area (Å²) in [6.07, 6.45) is 7.08. The molecule has 1 saturated carbocycles. The van der Waals surface area contributed by atoms with Gasteiger partial charge in [-0.15, -0.1) is 0 Å². The fourth-order valence-electron chi connectivity index (χ4n) is 3.43. The summed E-state index contributed by atoms with van der Waals surface area (Å²) >= 11 is 0. The highest BCUT2D eigenvalue weighted by atomic mass is 16.5. The van der Waals surface area contributed by atoms with E-state index in [2.05, 4.69) is 16.3 Å². The highest BCUT2D eigenvalue weighted by Gasteiger charge is 2.38. The molecule has 1 heterocycles. The van der Waals surface area contributed by atoms with Crippen molar-refractivity contribution in [1.29, 1.82) is 5.26 Å². The van der Waals surface area contributed by atoms with Crippen molar-refractivity contribution >= 4 is 0 Å². The van der Waals surface area contributed by atoms with Crippen molar-refractivity contribution in [2.45, 2.75) is 56.2 Å². The number of piperidine rings is 1. The average Bonchev–Trinajstić information content (AvgIpc) is 2.47. The van der Waals surface area contributed by atoms with Crippen LogP contribution >= 0.6 is 0 Å². The summed E-state index contributed by atoms with van der Waals surface area (Å²) in [5, 5.41) is 12.6. The SMILES string of the molecule is CNC1(C#N)CCCC(N2CCCC(OC)C2)C1. The number of ether oxygens (including phenoxy) is 1. The third-order valence-corrected chi connectivity index (χ3v) is 4.68. The minimum absolute atomic E-state index is 0.303. The molecule has 4 nitrogen and oxygen atoms in total. The molecule has 18 heavy (non-hydrogen) atoms. The molecule has 4 heteroatoms. The zero-order valence-corrected chi connectivity index (χ0v) is 11.6. The third kappa shape index (κ3) is 2.85. The molecule has 2 rings (SSSR count). The Kier molecular flexibility index (Phi) is 4.60. The molecule has 0 radical (unpaired) electrons. The van der Waals surface area contributed by atoms with Gasteiger partial charge in [0.1, 0.15) is 5.54 Å². The third-order valence-electron chi connectivity index (χ3n) is 4.68. The van der Waals surface area contributed by atoms with Crippen LogP contribution in [0, 0.1) is 11.3 Å². The van der Waals surface area contributed by atoms with Crippen molar-refractivity contribution in [3.8, 4) is 6.07 Å². The Morgan fingerprint density at radius 3 is 2.89 bits per heavy atom. The van der Waals surface area contributed by atoms with Crippen LogP contribution in [0.1, 0.15) is 38.5 Å². The molecule has 1 aliphatic heterocycles. The maximum absolute atomic E-state index is 9.40. The lowest BCUT2D eigenvalue weighted by atomic mass is 9.79. The minimum Gasteiger partial charge on any atom is -0.380 e. The van der Waals surface area contributed by atoms with E-state index in [1.54, 1.807) is 0 Å².